The lowest BCUT2D eigenvalue weighted by Crippen LogP contribution is -2.42. The van der Waals surface area contributed by atoms with Crippen molar-refractivity contribution in [2.75, 3.05) is 26.4 Å². The van der Waals surface area contributed by atoms with Crippen LogP contribution < -0.4 is 0 Å². The van der Waals surface area contributed by atoms with Crippen LogP contribution in [0, 0.1) is 6.07 Å². The molecule has 0 unspecified atom stereocenters. The molecule has 1 radical (unpaired) electrons. The predicted molar refractivity (Wildman–Crippen MR) is 152 cm³/mol. The molecule has 0 aliphatic heterocycles. The summed E-state index contributed by atoms with van der Waals surface area (Å²) in [6.45, 7) is 10.4. The quantitative estimate of drug-likeness (QED) is 0.0713. The maximum atomic E-state index is 12.3. The molecule has 0 heterocycles. The van der Waals surface area contributed by atoms with Crippen LogP contribution >= 0.6 is 0 Å². The van der Waals surface area contributed by atoms with E-state index in [-0.39, 0.29) is 12.8 Å². The number of aldehydes is 2. The molecule has 0 aliphatic rings. The second-order valence-corrected chi connectivity index (χ2v) is 10.2. The van der Waals surface area contributed by atoms with Gasteiger partial charge in [-0.2, -0.15) is 0 Å². The molecule has 0 aliphatic carbocycles. The Balaban J connectivity index is 3.06. The molecule has 6 nitrogen and oxygen atoms in total. The van der Waals surface area contributed by atoms with E-state index in [1.165, 1.54) is 0 Å². The third kappa shape index (κ3) is 14.0. The number of carbonyl (C=O) groups excluding carboxylic acids is 2. The molecule has 0 saturated heterocycles. The Morgan fingerprint density at radius 3 is 1.16 bits per heavy atom. The zero-order valence-corrected chi connectivity index (χ0v) is 24.6. The van der Waals surface area contributed by atoms with Crippen molar-refractivity contribution < 1.29 is 28.5 Å². The predicted octanol–water partition coefficient (Wildman–Crippen LogP) is 7.19. The van der Waals surface area contributed by atoms with Gasteiger partial charge in [-0.1, -0.05) is 97.3 Å². The second-order valence-electron chi connectivity index (χ2n) is 10.2. The highest BCUT2D eigenvalue weighted by molar-refractivity contribution is 5.62. The summed E-state index contributed by atoms with van der Waals surface area (Å²) < 4.78 is 24.3. The molecule has 0 aromatic heterocycles. The highest BCUT2D eigenvalue weighted by Crippen LogP contribution is 2.24. The van der Waals surface area contributed by atoms with Crippen LogP contribution in [0.25, 0.3) is 0 Å². The molecule has 0 spiro atoms. The molecule has 0 amide bonds. The fraction of sp³-hybridized carbons (Fsp3) is 0.750. The minimum absolute atomic E-state index is 0.280. The molecule has 0 N–H and O–H groups in total. The summed E-state index contributed by atoms with van der Waals surface area (Å²) in [7, 11) is 0. The Kier molecular flexibility index (Phi) is 19.3. The van der Waals surface area contributed by atoms with Gasteiger partial charge in [-0.05, 0) is 42.9 Å². The van der Waals surface area contributed by atoms with Gasteiger partial charge in [-0.15, -0.1) is 0 Å². The third-order valence-corrected chi connectivity index (χ3v) is 6.55. The van der Waals surface area contributed by atoms with Crippen molar-refractivity contribution in [2.45, 2.75) is 129 Å². The molecular weight excluding hydrogens is 480 g/mol. The summed E-state index contributed by atoms with van der Waals surface area (Å²) in [6, 6.07) is 8.84. The Morgan fingerprint density at radius 1 is 0.579 bits per heavy atom. The van der Waals surface area contributed by atoms with E-state index in [1.807, 2.05) is 18.2 Å². The molecular formula is C32H53O6. The zero-order valence-electron chi connectivity index (χ0n) is 24.6. The van der Waals surface area contributed by atoms with Crippen molar-refractivity contribution in [1.29, 1.82) is 0 Å². The molecule has 1 aromatic rings. The van der Waals surface area contributed by atoms with Crippen LogP contribution in [0.5, 0.6) is 0 Å². The minimum Gasteiger partial charge on any atom is -0.344 e. The smallest absolute Gasteiger partial charge is 0.229 e. The molecule has 0 atom stereocenters. The van der Waals surface area contributed by atoms with Crippen molar-refractivity contribution in [1.82, 2.24) is 0 Å². The summed E-state index contributed by atoms with van der Waals surface area (Å²) in [5, 5.41) is 0. The standard InChI is InChI=1S/C32H53O6/c1-5-9-13-20-35-31(27-33,36-21-14-10-6-2)25-29-18-17-19-30(24-29)26-32(28-34,37-22-15-11-7-3)38-23-16-12-8-4/h18-19,24,27-28H,5-16,20-23,25-26H2,1-4H3. The van der Waals surface area contributed by atoms with Crippen molar-refractivity contribution in [3.63, 3.8) is 0 Å². The fourth-order valence-corrected chi connectivity index (χ4v) is 4.25. The van der Waals surface area contributed by atoms with Crippen LogP contribution in [0.15, 0.2) is 18.2 Å². The maximum absolute atomic E-state index is 12.3. The average molecular weight is 534 g/mol. The van der Waals surface area contributed by atoms with Crippen molar-refractivity contribution in [3.05, 3.63) is 35.4 Å². The first kappa shape index (κ1) is 34.4. The zero-order chi connectivity index (χ0) is 28.0. The van der Waals surface area contributed by atoms with E-state index in [0.29, 0.717) is 26.4 Å². The van der Waals surface area contributed by atoms with Gasteiger partial charge in [0.05, 0.1) is 26.4 Å². The van der Waals surface area contributed by atoms with Crippen molar-refractivity contribution >= 4 is 12.6 Å². The summed E-state index contributed by atoms with van der Waals surface area (Å²) >= 11 is 0. The van der Waals surface area contributed by atoms with Gasteiger partial charge in [0, 0.05) is 12.8 Å². The van der Waals surface area contributed by atoms with Crippen LogP contribution in [0.3, 0.4) is 0 Å². The van der Waals surface area contributed by atoms with Gasteiger partial charge >= 0.3 is 0 Å². The number of ether oxygens (including phenoxy) is 4. The van der Waals surface area contributed by atoms with Crippen LogP contribution in [0.4, 0.5) is 0 Å². The molecule has 0 saturated carbocycles. The first-order chi connectivity index (χ1) is 18.5. The van der Waals surface area contributed by atoms with Crippen molar-refractivity contribution in [2.24, 2.45) is 0 Å². The van der Waals surface area contributed by atoms with Crippen LogP contribution in [0.1, 0.15) is 116 Å². The first-order valence-electron chi connectivity index (χ1n) is 15.0. The topological polar surface area (TPSA) is 71.1 Å². The SMILES string of the molecule is CCCCCOC(C=O)(Cc1c[c]cc(CC(C=O)(OCCCCC)OCCCCC)c1)OCCCCC. The van der Waals surface area contributed by atoms with Crippen LogP contribution in [-0.2, 0) is 41.4 Å². The van der Waals surface area contributed by atoms with E-state index in [0.717, 1.165) is 101 Å². The van der Waals surface area contributed by atoms with Gasteiger partial charge in [0.25, 0.3) is 0 Å². The number of rotatable bonds is 26. The van der Waals surface area contributed by atoms with Gasteiger partial charge in [-0.25, -0.2) is 0 Å². The Labute approximate surface area is 232 Å². The molecule has 1 rings (SSSR count). The van der Waals surface area contributed by atoms with E-state index in [2.05, 4.69) is 33.8 Å². The summed E-state index contributed by atoms with van der Waals surface area (Å²) in [5.41, 5.74) is 1.72. The number of benzene rings is 1. The van der Waals surface area contributed by atoms with Crippen LogP contribution in [0.2, 0.25) is 0 Å². The monoisotopic (exact) mass is 533 g/mol. The summed E-state index contributed by atoms with van der Waals surface area (Å²) in [6.07, 6.45) is 14.1. The van der Waals surface area contributed by atoms with E-state index in [4.69, 9.17) is 18.9 Å². The lowest BCUT2D eigenvalue weighted by Gasteiger charge is -2.30. The Hall–Kier alpha value is -1.60. The second kappa shape index (κ2) is 21.2. The highest BCUT2D eigenvalue weighted by atomic mass is 16.7. The van der Waals surface area contributed by atoms with Gasteiger partial charge < -0.3 is 18.9 Å². The molecule has 38 heavy (non-hydrogen) atoms. The number of hydrogen-bond acceptors (Lipinski definition) is 6. The summed E-state index contributed by atoms with van der Waals surface area (Å²) in [5.74, 6) is -2.66. The highest BCUT2D eigenvalue weighted by Gasteiger charge is 2.34. The summed E-state index contributed by atoms with van der Waals surface area (Å²) in [4.78, 5) is 24.6. The van der Waals surface area contributed by atoms with Gasteiger partial charge in [-0.3, -0.25) is 9.59 Å². The lowest BCUT2D eigenvalue weighted by atomic mass is 9.99. The normalized spacial score (nSPS) is 12.1. The van der Waals surface area contributed by atoms with E-state index >= 15 is 0 Å². The van der Waals surface area contributed by atoms with E-state index in [9.17, 15) is 9.59 Å². The molecule has 0 bridgehead atoms. The third-order valence-electron chi connectivity index (χ3n) is 6.55. The fourth-order valence-electron chi connectivity index (χ4n) is 4.25. The maximum Gasteiger partial charge on any atom is 0.229 e. The lowest BCUT2D eigenvalue weighted by molar-refractivity contribution is -0.220. The van der Waals surface area contributed by atoms with E-state index in [1.54, 1.807) is 0 Å². The number of hydrogen-bond donors (Lipinski definition) is 0. The Bertz CT molecular complexity index is 653. The van der Waals surface area contributed by atoms with E-state index < -0.39 is 11.6 Å². The molecule has 217 valence electrons. The Morgan fingerprint density at radius 2 is 0.895 bits per heavy atom. The van der Waals surface area contributed by atoms with Crippen molar-refractivity contribution in [3.8, 4) is 0 Å². The molecule has 0 fully saturated rings. The minimum atomic E-state index is -1.33. The number of carbonyl (C=O) groups is 2. The van der Waals surface area contributed by atoms with Gasteiger partial charge in [0.15, 0.2) is 12.6 Å². The van der Waals surface area contributed by atoms with Gasteiger partial charge in [0.1, 0.15) is 0 Å². The van der Waals surface area contributed by atoms with Crippen LogP contribution in [-0.4, -0.2) is 50.6 Å². The molecule has 1 aromatic carbocycles. The van der Waals surface area contributed by atoms with Gasteiger partial charge in [0.2, 0.25) is 11.6 Å². The first-order valence-corrected chi connectivity index (χ1v) is 15.0. The largest absolute Gasteiger partial charge is 0.344 e. The molecule has 6 heteroatoms. The number of unbranched alkanes of at least 4 members (excludes halogenated alkanes) is 8. The average Bonchev–Trinajstić information content (AvgIpc) is 2.93.